The summed E-state index contributed by atoms with van der Waals surface area (Å²) in [6.07, 6.45) is 2.20. The first kappa shape index (κ1) is 17.9. The van der Waals surface area contributed by atoms with E-state index in [4.69, 9.17) is 15.8 Å². The molecule has 7 nitrogen and oxygen atoms in total. The van der Waals surface area contributed by atoms with Crippen molar-refractivity contribution in [3.63, 3.8) is 0 Å². The smallest absolute Gasteiger partial charge is 0.427 e. The Morgan fingerprint density at radius 2 is 2.08 bits per heavy atom. The van der Waals surface area contributed by atoms with E-state index >= 15 is 0 Å². The topological polar surface area (TPSA) is 111 Å². The van der Waals surface area contributed by atoms with E-state index in [1.165, 1.54) is 0 Å². The monoisotopic (exact) mass is 357 g/mol. The Bertz CT molecular complexity index is 787. The summed E-state index contributed by atoms with van der Waals surface area (Å²) < 4.78 is 3.94. The lowest BCUT2D eigenvalue weighted by Gasteiger charge is -2.29. The number of benzene rings is 1. The van der Waals surface area contributed by atoms with Gasteiger partial charge in [-0.25, -0.2) is 4.68 Å². The Morgan fingerprint density at radius 1 is 1.36 bits per heavy atom. The van der Waals surface area contributed by atoms with Crippen LogP contribution in [0.25, 0.3) is 11.3 Å². The second kappa shape index (κ2) is 7.55. The highest BCUT2D eigenvalue weighted by Crippen LogP contribution is 2.32. The van der Waals surface area contributed by atoms with Gasteiger partial charge in [-0.1, -0.05) is 33.7 Å². The molecule has 1 aliphatic rings. The molecule has 0 saturated carbocycles. The largest absolute Gasteiger partial charge is 0.456 e. The highest BCUT2D eigenvalue weighted by atomic mass is 31.0. The first-order valence-electron chi connectivity index (χ1n) is 8.22. The molecule has 25 heavy (non-hydrogen) atoms. The Hall–Kier alpha value is -1.91. The molecule has 2 unspecified atom stereocenters. The molecule has 130 valence electrons. The van der Waals surface area contributed by atoms with Crippen LogP contribution in [-0.2, 0) is 6.32 Å². The number of hydrogen-bond acceptors (Lipinski definition) is 6. The molecule has 2 aromatic rings. The Labute approximate surface area is 149 Å². The van der Waals surface area contributed by atoms with Crippen LogP contribution in [0.15, 0.2) is 24.3 Å². The fourth-order valence-corrected chi connectivity index (χ4v) is 3.66. The third kappa shape index (κ3) is 3.86. The van der Waals surface area contributed by atoms with Crippen molar-refractivity contribution in [1.82, 2.24) is 14.5 Å². The van der Waals surface area contributed by atoms with Crippen molar-refractivity contribution < 1.29 is 10.0 Å². The average Bonchev–Trinajstić information content (AvgIpc) is 2.91. The normalized spacial score (nSPS) is 18.1. The molecule has 4 N–H and O–H groups in total. The van der Waals surface area contributed by atoms with Gasteiger partial charge in [0.05, 0.1) is 6.04 Å². The number of nitrogens with two attached hydrogens (primary N) is 1. The summed E-state index contributed by atoms with van der Waals surface area (Å²) in [5, 5.41) is 32.3. The van der Waals surface area contributed by atoms with Crippen LogP contribution in [-0.4, -0.2) is 44.7 Å². The van der Waals surface area contributed by atoms with Crippen molar-refractivity contribution in [2.24, 2.45) is 0 Å². The summed E-state index contributed by atoms with van der Waals surface area (Å²) in [6.45, 7) is 1.85. The predicted octanol–water partition coefficient (Wildman–Crippen LogP) is 0.985. The third-order valence-corrected chi connectivity index (χ3v) is 4.95. The molecule has 0 aliphatic carbocycles. The van der Waals surface area contributed by atoms with Crippen LogP contribution in [0.4, 0.5) is 5.82 Å². The van der Waals surface area contributed by atoms with Gasteiger partial charge < -0.3 is 15.8 Å². The summed E-state index contributed by atoms with van der Waals surface area (Å²) in [4.78, 5) is 0. The van der Waals surface area contributed by atoms with E-state index in [1.807, 2.05) is 12.1 Å². The molecule has 0 bridgehead atoms. The summed E-state index contributed by atoms with van der Waals surface area (Å²) in [6, 6.07) is 9.58. The summed E-state index contributed by atoms with van der Waals surface area (Å²) >= 11 is 0. The fourth-order valence-electron chi connectivity index (χ4n) is 3.23. The van der Waals surface area contributed by atoms with Crippen LogP contribution in [0.5, 0.6) is 0 Å². The number of nitriles is 1. The lowest BCUT2D eigenvalue weighted by atomic mass is 9.82. The van der Waals surface area contributed by atoms with Crippen LogP contribution in [0.3, 0.4) is 0 Å². The number of nitrogens with zero attached hydrogens (tertiary/aromatic N) is 4. The van der Waals surface area contributed by atoms with E-state index in [1.54, 1.807) is 16.8 Å². The van der Waals surface area contributed by atoms with Gasteiger partial charge in [0.15, 0.2) is 0 Å². The first-order valence-corrected chi connectivity index (χ1v) is 8.74. The van der Waals surface area contributed by atoms with E-state index in [2.05, 4.69) is 25.2 Å². The van der Waals surface area contributed by atoms with Gasteiger partial charge in [-0.2, -0.15) is 10.4 Å². The van der Waals surface area contributed by atoms with Crippen molar-refractivity contribution in [3.05, 3.63) is 35.4 Å². The molecule has 1 fully saturated rings. The van der Waals surface area contributed by atoms with E-state index in [0.29, 0.717) is 17.1 Å². The minimum Gasteiger partial charge on any atom is -0.427 e. The van der Waals surface area contributed by atoms with Crippen LogP contribution in [0.1, 0.15) is 30.0 Å². The van der Waals surface area contributed by atoms with Gasteiger partial charge in [-0.15, -0.1) is 0 Å². The second-order valence-electron chi connectivity index (χ2n) is 6.34. The molecular formula is C16H21BN5O2P. The summed E-state index contributed by atoms with van der Waals surface area (Å²) in [5.41, 5.74) is 8.75. The average molecular weight is 357 g/mol. The van der Waals surface area contributed by atoms with Gasteiger partial charge in [0.25, 0.3) is 0 Å². The minimum atomic E-state index is -1.38. The number of aromatic nitrogens is 2. The van der Waals surface area contributed by atoms with Crippen molar-refractivity contribution >= 4 is 22.3 Å². The summed E-state index contributed by atoms with van der Waals surface area (Å²) in [5.74, 6) is 0.401. The molecular weight excluding hydrogens is 336 g/mol. The fraction of sp³-hybridized carbons (Fsp3) is 0.375. The number of nitrogen functional groups attached to an aromatic ring is 1. The number of rotatable bonds is 4. The predicted molar refractivity (Wildman–Crippen MR) is 100 cm³/mol. The summed E-state index contributed by atoms with van der Waals surface area (Å²) in [7, 11) is 1.34. The second-order valence-corrected chi connectivity index (χ2v) is 7.07. The number of piperidine rings is 1. The van der Waals surface area contributed by atoms with Gasteiger partial charge in [-0.05, 0) is 18.4 Å². The molecule has 1 saturated heterocycles. The first-order chi connectivity index (χ1) is 12.0. The molecule has 3 rings (SSSR count). The quantitative estimate of drug-likeness (QED) is 0.556. The molecule has 0 spiro atoms. The van der Waals surface area contributed by atoms with Gasteiger partial charge in [0.2, 0.25) is 0 Å². The molecule has 0 amide bonds. The van der Waals surface area contributed by atoms with E-state index in [-0.39, 0.29) is 12.4 Å². The Kier molecular flexibility index (Phi) is 5.40. The van der Waals surface area contributed by atoms with E-state index < -0.39 is 7.12 Å². The number of hydrogen-bond donors (Lipinski definition) is 3. The molecule has 9 heteroatoms. The molecule has 2 heterocycles. The molecule has 1 aliphatic heterocycles. The maximum absolute atomic E-state index is 9.53. The third-order valence-electron chi connectivity index (χ3n) is 4.48. The maximum Gasteiger partial charge on any atom is 0.456 e. The van der Waals surface area contributed by atoms with Gasteiger partial charge in [0.1, 0.15) is 23.1 Å². The Balaban J connectivity index is 1.94. The highest BCUT2D eigenvalue weighted by Gasteiger charge is 2.25. The van der Waals surface area contributed by atoms with Gasteiger partial charge in [-0.3, -0.25) is 4.67 Å². The van der Waals surface area contributed by atoms with E-state index in [9.17, 15) is 5.26 Å². The van der Waals surface area contributed by atoms with Crippen LogP contribution < -0.4 is 5.73 Å². The lowest BCUT2D eigenvalue weighted by molar-refractivity contribution is 0.271. The molecule has 1 aromatic heterocycles. The highest BCUT2D eigenvalue weighted by molar-refractivity contribution is 7.13. The zero-order valence-corrected chi connectivity index (χ0v) is 15.0. The SMILES string of the molecule is N#Cc1c(-c2ccc(CB(O)O)cc2)nn(C2CCCN(P)C2)c1N. The van der Waals surface area contributed by atoms with Crippen LogP contribution in [0, 0.1) is 11.3 Å². The van der Waals surface area contributed by atoms with E-state index in [0.717, 1.165) is 37.1 Å². The van der Waals surface area contributed by atoms with Crippen molar-refractivity contribution in [2.45, 2.75) is 25.2 Å². The number of anilines is 1. The van der Waals surface area contributed by atoms with Crippen molar-refractivity contribution in [2.75, 3.05) is 18.8 Å². The maximum atomic E-state index is 9.53. The van der Waals surface area contributed by atoms with Crippen molar-refractivity contribution in [1.29, 1.82) is 5.26 Å². The van der Waals surface area contributed by atoms with Gasteiger partial charge >= 0.3 is 7.12 Å². The van der Waals surface area contributed by atoms with Gasteiger partial charge in [0, 0.05) is 25.0 Å². The lowest BCUT2D eigenvalue weighted by Crippen LogP contribution is -2.31. The van der Waals surface area contributed by atoms with Crippen molar-refractivity contribution in [3.8, 4) is 17.3 Å². The Morgan fingerprint density at radius 3 is 2.68 bits per heavy atom. The standard InChI is InChI=1S/C16H21BN5O2P/c18-9-14-15(12-5-3-11(4-6-12)8-17(23)24)20-22(16(14)19)13-2-1-7-21(25)10-13/h3-6,13,23-24H,1-2,7-8,10,19,25H2. The minimum absolute atomic E-state index is 0.149. The molecule has 1 aromatic carbocycles. The zero-order chi connectivity index (χ0) is 18.0. The molecule has 0 radical (unpaired) electrons. The van der Waals surface area contributed by atoms with Crippen LogP contribution in [0.2, 0.25) is 0 Å². The molecule has 2 atom stereocenters. The van der Waals surface area contributed by atoms with Crippen LogP contribution >= 0.6 is 9.39 Å². The zero-order valence-electron chi connectivity index (χ0n) is 13.8.